The summed E-state index contributed by atoms with van der Waals surface area (Å²) in [7, 11) is 1.64. The predicted octanol–water partition coefficient (Wildman–Crippen LogP) is 6.71. The van der Waals surface area contributed by atoms with Gasteiger partial charge in [-0.05, 0) is 93.8 Å². The number of nitrogens with one attached hydrogen (secondary N) is 1. The molecule has 0 radical (unpaired) electrons. The number of amides is 2. The Morgan fingerprint density at radius 1 is 1.06 bits per heavy atom. The Bertz CT molecular complexity index is 2230. The van der Waals surface area contributed by atoms with Crippen LogP contribution in [0.2, 0.25) is 5.15 Å². The fourth-order valence-corrected chi connectivity index (χ4v) is 8.39. The number of alkyl halides is 3. The third-order valence-electron chi connectivity index (χ3n) is 10.8. The molecule has 15 heteroatoms. The standard InChI is InChI=1S/C37H38ClF3N8O3/c1-19-26-11-8-21-16-29(48(33(21)45-26)13-5-3-4-6-27-24(35(50)43-19)10-12-31(38)44-27)34-46-28-15-22(17-30(32(28)47(34)2)52-37(39,40)41)36(51)49-18-25(42)20-7-9-23(49)14-20/h8,10-12,15-17,19-20,23,25H,3-7,9,13-14,18,42H2,1-2H3,(H,43,50)/t19-,20-,23+,25+/m1/s1. The van der Waals surface area contributed by atoms with Crippen LogP contribution in [0.25, 0.3) is 33.6 Å². The van der Waals surface area contributed by atoms with E-state index in [4.69, 9.17) is 27.3 Å². The Hall–Kier alpha value is -4.69. The third kappa shape index (κ3) is 6.25. The number of nitrogens with zero attached hydrogens (tertiary/aromatic N) is 6. The largest absolute Gasteiger partial charge is 0.573 e. The number of carbonyl (C=O) groups excluding carboxylic acids is 2. The number of nitrogens with two attached hydrogens (primary N) is 1. The first-order chi connectivity index (χ1) is 24.8. The van der Waals surface area contributed by atoms with Crippen LogP contribution in [-0.4, -0.2) is 65.8 Å². The number of imidazole rings is 1. The lowest BCUT2D eigenvalue weighted by molar-refractivity contribution is -0.274. The van der Waals surface area contributed by atoms with Crippen molar-refractivity contribution in [3.05, 3.63) is 70.1 Å². The average Bonchev–Trinajstić information content (AvgIpc) is 3.78. The molecule has 3 N–H and O–H groups in total. The summed E-state index contributed by atoms with van der Waals surface area (Å²) in [6.07, 6.45) is 0.383. The number of hydrogen-bond donors (Lipinski definition) is 2. The summed E-state index contributed by atoms with van der Waals surface area (Å²) in [5, 5.41) is 4.16. The molecule has 272 valence electrons. The van der Waals surface area contributed by atoms with E-state index in [1.165, 1.54) is 6.07 Å². The third-order valence-corrected chi connectivity index (χ3v) is 11.0. The van der Waals surface area contributed by atoms with Crippen molar-refractivity contribution in [2.75, 3.05) is 6.54 Å². The second-order valence-corrected chi connectivity index (χ2v) is 14.6. The van der Waals surface area contributed by atoms with E-state index in [-0.39, 0.29) is 40.5 Å². The second kappa shape index (κ2) is 13.1. The van der Waals surface area contributed by atoms with Gasteiger partial charge in [0.25, 0.3) is 11.8 Å². The van der Waals surface area contributed by atoms with Gasteiger partial charge in [-0.3, -0.25) is 9.59 Å². The van der Waals surface area contributed by atoms with Crippen LogP contribution in [0.4, 0.5) is 13.2 Å². The molecule has 1 saturated heterocycles. The van der Waals surface area contributed by atoms with Crippen molar-refractivity contribution >= 4 is 45.5 Å². The summed E-state index contributed by atoms with van der Waals surface area (Å²) in [6.45, 7) is 2.75. The Balaban J connectivity index is 1.21. The highest BCUT2D eigenvalue weighted by Gasteiger charge is 2.42. The van der Waals surface area contributed by atoms with Gasteiger partial charge in [0.2, 0.25) is 0 Å². The van der Waals surface area contributed by atoms with E-state index >= 15 is 0 Å². The average molecular weight is 735 g/mol. The minimum atomic E-state index is -5.00. The van der Waals surface area contributed by atoms with E-state index in [1.807, 2.05) is 29.7 Å². The SMILES string of the molecule is C[C@H]1NC(=O)c2ccc(Cl)nc2CCCCCn2c(-c3nc4cc(C(=O)N5C[C@H](N)[C@@H]6CC[C@H]5C6)cc(OC(F)(F)F)c4n3C)cc3ccc1nc32. The molecule has 0 spiro atoms. The number of pyridine rings is 2. The van der Waals surface area contributed by atoms with Gasteiger partial charge < -0.3 is 29.8 Å². The molecular weight excluding hydrogens is 697 g/mol. The summed E-state index contributed by atoms with van der Waals surface area (Å²) in [5.74, 6) is -0.423. The number of carbonyl (C=O) groups is 2. The molecule has 6 heterocycles. The molecule has 4 aromatic heterocycles. The molecule has 8 rings (SSSR count). The molecule has 1 aliphatic carbocycles. The van der Waals surface area contributed by atoms with E-state index < -0.39 is 18.2 Å². The number of ether oxygens (including phenoxy) is 1. The second-order valence-electron chi connectivity index (χ2n) is 14.2. The minimum absolute atomic E-state index is 0.00114. The van der Waals surface area contributed by atoms with E-state index in [0.717, 1.165) is 43.9 Å². The van der Waals surface area contributed by atoms with Crippen molar-refractivity contribution < 1.29 is 27.5 Å². The molecule has 52 heavy (non-hydrogen) atoms. The highest BCUT2D eigenvalue weighted by molar-refractivity contribution is 6.29. The summed E-state index contributed by atoms with van der Waals surface area (Å²) in [5.41, 5.74) is 9.78. The van der Waals surface area contributed by atoms with Crippen LogP contribution in [0.1, 0.15) is 83.6 Å². The highest BCUT2D eigenvalue weighted by Crippen LogP contribution is 2.40. The Labute approximate surface area is 302 Å². The normalized spacial score (nSPS) is 22.4. The van der Waals surface area contributed by atoms with Crippen LogP contribution in [0.15, 0.2) is 42.5 Å². The maximum Gasteiger partial charge on any atom is 0.573 e. The summed E-state index contributed by atoms with van der Waals surface area (Å²) in [6, 6.07) is 11.1. The highest BCUT2D eigenvalue weighted by atomic mass is 35.5. The molecule has 2 aliphatic heterocycles. The number of aryl methyl sites for hydroxylation is 3. The van der Waals surface area contributed by atoms with Crippen LogP contribution in [0.3, 0.4) is 0 Å². The zero-order chi connectivity index (χ0) is 36.5. The smallest absolute Gasteiger partial charge is 0.403 e. The lowest BCUT2D eigenvalue weighted by Crippen LogP contribution is -2.51. The van der Waals surface area contributed by atoms with E-state index in [0.29, 0.717) is 64.7 Å². The number of aromatic nitrogens is 5. The number of likely N-dealkylation sites (tertiary alicyclic amines) is 1. The van der Waals surface area contributed by atoms with Gasteiger partial charge in [-0.1, -0.05) is 18.0 Å². The van der Waals surface area contributed by atoms with Crippen molar-refractivity contribution in [2.45, 2.75) is 82.9 Å². The predicted molar refractivity (Wildman–Crippen MR) is 189 cm³/mol. The molecule has 4 bridgehead atoms. The number of fused-ring (bicyclic) bond motifs is 5. The van der Waals surface area contributed by atoms with Gasteiger partial charge in [0.15, 0.2) is 11.6 Å². The monoisotopic (exact) mass is 734 g/mol. The zero-order valence-corrected chi connectivity index (χ0v) is 29.5. The molecule has 0 unspecified atom stereocenters. The van der Waals surface area contributed by atoms with E-state index in [2.05, 4.69) is 15.0 Å². The van der Waals surface area contributed by atoms with Crippen molar-refractivity contribution in [1.82, 2.24) is 34.3 Å². The van der Waals surface area contributed by atoms with Gasteiger partial charge in [0.05, 0.1) is 34.2 Å². The van der Waals surface area contributed by atoms with Crippen molar-refractivity contribution in [2.24, 2.45) is 18.7 Å². The van der Waals surface area contributed by atoms with Crippen molar-refractivity contribution in [1.29, 1.82) is 0 Å². The number of hydrogen-bond acceptors (Lipinski definition) is 7. The molecule has 2 amide bonds. The fraction of sp³-hybridized carbons (Fsp3) is 0.432. The molecule has 5 aromatic rings. The molecule has 11 nitrogen and oxygen atoms in total. The maximum atomic E-state index is 13.9. The maximum absolute atomic E-state index is 13.9. The molecule has 1 aromatic carbocycles. The topological polar surface area (TPSA) is 133 Å². The molecular formula is C37H38ClF3N8O3. The first kappa shape index (κ1) is 34.4. The fourth-order valence-electron chi connectivity index (χ4n) is 8.22. The van der Waals surface area contributed by atoms with Gasteiger partial charge in [0, 0.05) is 43.2 Å². The summed E-state index contributed by atoms with van der Waals surface area (Å²) >= 11 is 6.19. The summed E-state index contributed by atoms with van der Waals surface area (Å²) < 4.78 is 49.8. The van der Waals surface area contributed by atoms with Crippen LogP contribution in [0.5, 0.6) is 5.75 Å². The molecule has 3 aliphatic rings. The van der Waals surface area contributed by atoms with Crippen molar-refractivity contribution in [3.63, 3.8) is 0 Å². The molecule has 1 saturated carbocycles. The van der Waals surface area contributed by atoms with Gasteiger partial charge in [-0.2, -0.15) is 0 Å². The van der Waals surface area contributed by atoms with Crippen molar-refractivity contribution in [3.8, 4) is 17.3 Å². The lowest BCUT2D eigenvalue weighted by Gasteiger charge is -2.37. The number of rotatable bonds is 3. The van der Waals surface area contributed by atoms with Gasteiger partial charge in [0.1, 0.15) is 16.3 Å². The number of piperidine rings is 1. The van der Waals surface area contributed by atoms with E-state index in [9.17, 15) is 22.8 Å². The first-order valence-corrected chi connectivity index (χ1v) is 18.0. The van der Waals surface area contributed by atoms with Gasteiger partial charge in [-0.15, -0.1) is 13.2 Å². The zero-order valence-electron chi connectivity index (χ0n) is 28.7. The number of benzene rings is 1. The van der Waals surface area contributed by atoms with Crippen LogP contribution < -0.4 is 15.8 Å². The van der Waals surface area contributed by atoms with Gasteiger partial charge in [-0.25, -0.2) is 15.0 Å². The molecule has 4 atom stereocenters. The first-order valence-electron chi connectivity index (χ1n) is 17.6. The Morgan fingerprint density at radius 2 is 1.88 bits per heavy atom. The lowest BCUT2D eigenvalue weighted by atomic mass is 9.94. The van der Waals surface area contributed by atoms with Crippen LogP contribution in [-0.2, 0) is 20.0 Å². The Kier molecular flexibility index (Phi) is 8.64. The minimum Gasteiger partial charge on any atom is -0.403 e. The molecule has 2 fully saturated rings. The Morgan fingerprint density at radius 3 is 2.69 bits per heavy atom. The van der Waals surface area contributed by atoms with E-state index in [1.54, 1.807) is 34.7 Å². The van der Waals surface area contributed by atoms with Crippen LogP contribution in [0, 0.1) is 5.92 Å². The quantitative estimate of drug-likeness (QED) is 0.197. The summed E-state index contributed by atoms with van der Waals surface area (Å²) in [4.78, 5) is 43.2. The van der Waals surface area contributed by atoms with Crippen LogP contribution >= 0.6 is 11.6 Å². The number of halogens is 4. The van der Waals surface area contributed by atoms with Gasteiger partial charge >= 0.3 is 6.36 Å².